The van der Waals surface area contributed by atoms with E-state index in [1.807, 2.05) is 25.1 Å². The van der Waals surface area contributed by atoms with Crippen molar-refractivity contribution >= 4 is 5.91 Å². The van der Waals surface area contributed by atoms with Crippen molar-refractivity contribution in [3.05, 3.63) is 58.7 Å². The molecule has 1 atom stereocenters. The Balaban J connectivity index is 1.45. The van der Waals surface area contributed by atoms with E-state index in [4.69, 9.17) is 9.47 Å². The Hall–Kier alpha value is -2.49. The van der Waals surface area contributed by atoms with Crippen LogP contribution in [0.1, 0.15) is 61.4 Å². The van der Waals surface area contributed by atoms with E-state index in [1.165, 1.54) is 24.0 Å². The normalized spacial score (nSPS) is 19.8. The van der Waals surface area contributed by atoms with Gasteiger partial charge in [0.05, 0.1) is 6.04 Å². The summed E-state index contributed by atoms with van der Waals surface area (Å²) in [5.41, 5.74) is 4.50. The molecule has 2 aliphatic rings. The second kappa shape index (κ2) is 7.50. The Kier molecular flexibility index (Phi) is 5.05. The topological polar surface area (TPSA) is 47.6 Å². The number of carbonyl (C=O) groups excluding carboxylic acids is 1. The van der Waals surface area contributed by atoms with Gasteiger partial charge in [0.2, 0.25) is 0 Å². The van der Waals surface area contributed by atoms with Crippen molar-refractivity contribution in [2.24, 2.45) is 0 Å². The molecule has 1 unspecified atom stereocenters. The molecule has 1 aliphatic heterocycles. The molecular weight excluding hydrogens is 350 g/mol. The van der Waals surface area contributed by atoms with Crippen molar-refractivity contribution in [1.82, 2.24) is 5.32 Å². The van der Waals surface area contributed by atoms with Crippen molar-refractivity contribution in [1.29, 1.82) is 0 Å². The number of hydrogen-bond donors (Lipinski definition) is 1. The second-order valence-electron chi connectivity index (χ2n) is 8.62. The summed E-state index contributed by atoms with van der Waals surface area (Å²) in [5, 5.41) is 3.16. The minimum atomic E-state index is -0.321. The standard InChI is InChI=1S/C24H29NO3/c1-16-11-12-19-20(14-24(2,3)28-22(19)13-16)25-23(26)15-27-21-10-6-8-17-7-4-5-9-18(17)21/h6,8,10-13,20H,4-5,7,9,14-15H2,1-3H3,(H,25,26). The van der Waals surface area contributed by atoms with Gasteiger partial charge >= 0.3 is 0 Å². The summed E-state index contributed by atoms with van der Waals surface area (Å²) in [4.78, 5) is 12.7. The first-order valence-electron chi connectivity index (χ1n) is 10.2. The van der Waals surface area contributed by atoms with Gasteiger partial charge in [0.25, 0.3) is 5.91 Å². The molecule has 0 saturated heterocycles. The smallest absolute Gasteiger partial charge is 0.258 e. The van der Waals surface area contributed by atoms with Crippen LogP contribution in [0.25, 0.3) is 0 Å². The molecule has 2 aromatic carbocycles. The van der Waals surface area contributed by atoms with Gasteiger partial charge in [-0.15, -0.1) is 0 Å². The summed E-state index contributed by atoms with van der Waals surface area (Å²) < 4.78 is 12.0. The molecule has 2 aromatic rings. The lowest BCUT2D eigenvalue weighted by atomic mass is 9.89. The van der Waals surface area contributed by atoms with E-state index in [9.17, 15) is 4.79 Å². The van der Waals surface area contributed by atoms with Gasteiger partial charge in [-0.1, -0.05) is 24.3 Å². The molecule has 148 valence electrons. The van der Waals surface area contributed by atoms with Gasteiger partial charge in [-0.25, -0.2) is 0 Å². The van der Waals surface area contributed by atoms with Crippen LogP contribution in [0.2, 0.25) is 0 Å². The largest absolute Gasteiger partial charge is 0.487 e. The van der Waals surface area contributed by atoms with Crippen molar-refractivity contribution in [3.63, 3.8) is 0 Å². The molecule has 1 N–H and O–H groups in total. The molecule has 4 rings (SSSR count). The summed E-state index contributed by atoms with van der Waals surface area (Å²) in [7, 11) is 0. The quantitative estimate of drug-likeness (QED) is 0.840. The predicted octanol–water partition coefficient (Wildman–Crippen LogP) is 4.67. The average molecular weight is 380 g/mol. The molecule has 1 aliphatic carbocycles. The second-order valence-corrected chi connectivity index (χ2v) is 8.62. The maximum atomic E-state index is 12.7. The van der Waals surface area contributed by atoms with Gasteiger partial charge in [0.15, 0.2) is 6.61 Å². The lowest BCUT2D eigenvalue weighted by molar-refractivity contribution is -0.124. The van der Waals surface area contributed by atoms with Gasteiger partial charge in [0.1, 0.15) is 17.1 Å². The van der Waals surface area contributed by atoms with Crippen LogP contribution in [-0.2, 0) is 17.6 Å². The van der Waals surface area contributed by atoms with Crippen LogP contribution in [0.3, 0.4) is 0 Å². The number of amides is 1. The maximum Gasteiger partial charge on any atom is 0.258 e. The van der Waals surface area contributed by atoms with Crippen LogP contribution in [0.4, 0.5) is 0 Å². The summed E-state index contributed by atoms with van der Waals surface area (Å²) in [6.07, 6.45) is 5.29. The minimum Gasteiger partial charge on any atom is -0.487 e. The number of carbonyl (C=O) groups is 1. The number of ether oxygens (including phenoxy) is 2. The molecule has 1 heterocycles. The fraction of sp³-hybridized carbons (Fsp3) is 0.458. The van der Waals surface area contributed by atoms with Crippen LogP contribution in [0, 0.1) is 6.92 Å². The highest BCUT2D eigenvalue weighted by molar-refractivity contribution is 5.78. The third-order valence-corrected chi connectivity index (χ3v) is 5.67. The lowest BCUT2D eigenvalue weighted by Crippen LogP contribution is -2.42. The Morgan fingerprint density at radius 3 is 2.89 bits per heavy atom. The number of nitrogens with one attached hydrogen (secondary N) is 1. The number of aryl methyl sites for hydroxylation is 2. The summed E-state index contributed by atoms with van der Waals surface area (Å²) in [6, 6.07) is 12.3. The maximum absolute atomic E-state index is 12.7. The fourth-order valence-corrected chi connectivity index (χ4v) is 4.35. The molecule has 0 spiro atoms. The summed E-state index contributed by atoms with van der Waals surface area (Å²) in [5.74, 6) is 1.62. The number of rotatable bonds is 4. The molecule has 0 fully saturated rings. The molecule has 1 amide bonds. The SMILES string of the molecule is Cc1ccc2c(c1)OC(C)(C)CC2NC(=O)COc1cccc2c1CCCC2. The molecule has 0 saturated carbocycles. The third kappa shape index (κ3) is 4.01. The minimum absolute atomic E-state index is 0.0371. The number of fused-ring (bicyclic) bond motifs is 2. The van der Waals surface area contributed by atoms with E-state index in [1.54, 1.807) is 0 Å². The zero-order valence-electron chi connectivity index (χ0n) is 17.0. The van der Waals surface area contributed by atoms with E-state index < -0.39 is 0 Å². The van der Waals surface area contributed by atoms with Crippen molar-refractivity contribution in [3.8, 4) is 11.5 Å². The molecule has 4 heteroatoms. The first kappa shape index (κ1) is 18.9. The highest BCUT2D eigenvalue weighted by Gasteiger charge is 2.34. The van der Waals surface area contributed by atoms with Crippen LogP contribution in [0.15, 0.2) is 36.4 Å². The van der Waals surface area contributed by atoms with Crippen molar-refractivity contribution in [2.45, 2.75) is 64.5 Å². The average Bonchev–Trinajstić information content (AvgIpc) is 2.65. The van der Waals surface area contributed by atoms with Crippen LogP contribution in [0.5, 0.6) is 11.5 Å². The Bertz CT molecular complexity index is 887. The first-order chi connectivity index (χ1) is 13.4. The number of benzene rings is 2. The Morgan fingerprint density at radius 2 is 2.04 bits per heavy atom. The van der Waals surface area contributed by atoms with E-state index in [0.717, 1.165) is 41.9 Å². The van der Waals surface area contributed by atoms with Crippen LogP contribution < -0.4 is 14.8 Å². The molecule has 0 radical (unpaired) electrons. The van der Waals surface area contributed by atoms with Crippen molar-refractivity contribution < 1.29 is 14.3 Å². The third-order valence-electron chi connectivity index (χ3n) is 5.67. The fourth-order valence-electron chi connectivity index (χ4n) is 4.35. The molecule has 0 bridgehead atoms. The monoisotopic (exact) mass is 379 g/mol. The van der Waals surface area contributed by atoms with E-state index in [2.05, 4.69) is 37.4 Å². The Labute approximate surface area is 167 Å². The van der Waals surface area contributed by atoms with Gasteiger partial charge in [-0.2, -0.15) is 0 Å². The zero-order chi connectivity index (χ0) is 19.7. The molecule has 28 heavy (non-hydrogen) atoms. The highest BCUT2D eigenvalue weighted by atomic mass is 16.5. The molecule has 0 aromatic heterocycles. The van der Waals surface area contributed by atoms with E-state index in [-0.39, 0.29) is 24.2 Å². The van der Waals surface area contributed by atoms with E-state index >= 15 is 0 Å². The summed E-state index contributed by atoms with van der Waals surface area (Å²) in [6.45, 7) is 6.21. The van der Waals surface area contributed by atoms with Gasteiger partial charge in [0, 0.05) is 12.0 Å². The number of hydrogen-bond acceptors (Lipinski definition) is 3. The lowest BCUT2D eigenvalue weighted by Gasteiger charge is -2.38. The highest BCUT2D eigenvalue weighted by Crippen LogP contribution is 2.40. The first-order valence-corrected chi connectivity index (χ1v) is 10.2. The molecule has 4 nitrogen and oxygen atoms in total. The van der Waals surface area contributed by atoms with Gasteiger partial charge in [-0.05, 0) is 75.3 Å². The zero-order valence-corrected chi connectivity index (χ0v) is 17.0. The van der Waals surface area contributed by atoms with Gasteiger partial charge in [-0.3, -0.25) is 4.79 Å². The predicted molar refractivity (Wildman–Crippen MR) is 110 cm³/mol. The van der Waals surface area contributed by atoms with Gasteiger partial charge < -0.3 is 14.8 Å². The molecular formula is C24H29NO3. The van der Waals surface area contributed by atoms with Crippen LogP contribution in [-0.4, -0.2) is 18.1 Å². The van der Waals surface area contributed by atoms with Crippen LogP contribution >= 0.6 is 0 Å². The summed E-state index contributed by atoms with van der Waals surface area (Å²) >= 11 is 0. The Morgan fingerprint density at radius 1 is 1.21 bits per heavy atom. The van der Waals surface area contributed by atoms with Crippen molar-refractivity contribution in [2.75, 3.05) is 6.61 Å². The van der Waals surface area contributed by atoms with E-state index in [0.29, 0.717) is 0 Å².